The normalized spacial score (nSPS) is 10.0. The summed E-state index contributed by atoms with van der Waals surface area (Å²) < 4.78 is 11.2. The fraction of sp³-hybridized carbons (Fsp3) is 0.111. The molecule has 1 aromatic heterocycles. The van der Waals surface area contributed by atoms with Crippen molar-refractivity contribution in [3.05, 3.63) is 77.8 Å². The van der Waals surface area contributed by atoms with Gasteiger partial charge in [0.1, 0.15) is 11.8 Å². The van der Waals surface area contributed by atoms with Gasteiger partial charge in [-0.05, 0) is 17.7 Å². The van der Waals surface area contributed by atoms with Crippen LogP contribution in [-0.2, 0) is 13.2 Å². The number of para-hydroxylation sites is 1. The van der Waals surface area contributed by atoms with Crippen LogP contribution >= 0.6 is 0 Å². The highest BCUT2D eigenvalue weighted by Gasteiger charge is 2.13. The maximum Gasteiger partial charge on any atom is 0.236 e. The van der Waals surface area contributed by atoms with Crippen LogP contribution in [0.2, 0.25) is 0 Å². The molecule has 0 fully saturated rings. The van der Waals surface area contributed by atoms with Crippen LogP contribution in [-0.4, -0.2) is 4.98 Å². The molecule has 0 unspecified atom stereocenters. The number of aromatic nitrogens is 1. The summed E-state index contributed by atoms with van der Waals surface area (Å²) >= 11 is 0. The first-order valence-corrected chi connectivity index (χ1v) is 7.20. The third-order valence-corrected chi connectivity index (χ3v) is 3.18. The summed E-state index contributed by atoms with van der Waals surface area (Å²) in [5, 5.41) is 12.3. The molecule has 0 spiro atoms. The van der Waals surface area contributed by atoms with Crippen molar-refractivity contribution in [2.45, 2.75) is 13.2 Å². The molecule has 23 heavy (non-hydrogen) atoms. The van der Waals surface area contributed by atoms with Gasteiger partial charge in [-0.15, -0.1) is 0 Å². The van der Waals surface area contributed by atoms with Gasteiger partial charge in [-0.1, -0.05) is 48.5 Å². The molecule has 3 aromatic rings. The number of anilines is 1. The summed E-state index contributed by atoms with van der Waals surface area (Å²) in [6, 6.07) is 21.3. The lowest BCUT2D eigenvalue weighted by Crippen LogP contribution is -1.99. The van der Waals surface area contributed by atoms with Gasteiger partial charge in [0.15, 0.2) is 6.61 Å². The zero-order chi connectivity index (χ0) is 15.9. The molecule has 3 rings (SSSR count). The second kappa shape index (κ2) is 7.14. The van der Waals surface area contributed by atoms with E-state index in [4.69, 9.17) is 14.4 Å². The fourth-order valence-corrected chi connectivity index (χ4v) is 2.06. The number of benzene rings is 2. The van der Waals surface area contributed by atoms with E-state index in [1.54, 1.807) is 0 Å². The van der Waals surface area contributed by atoms with Crippen molar-refractivity contribution >= 4 is 5.88 Å². The molecule has 0 saturated carbocycles. The third-order valence-electron chi connectivity index (χ3n) is 3.18. The summed E-state index contributed by atoms with van der Waals surface area (Å²) in [6.07, 6.45) is 0. The number of oxazole rings is 1. The molecule has 0 saturated heterocycles. The van der Waals surface area contributed by atoms with Crippen molar-refractivity contribution in [1.29, 1.82) is 5.26 Å². The van der Waals surface area contributed by atoms with E-state index in [0.717, 1.165) is 11.3 Å². The van der Waals surface area contributed by atoms with E-state index in [2.05, 4.69) is 10.3 Å². The van der Waals surface area contributed by atoms with Crippen LogP contribution in [0.5, 0.6) is 5.75 Å². The van der Waals surface area contributed by atoms with Gasteiger partial charge in [-0.3, -0.25) is 0 Å². The van der Waals surface area contributed by atoms with Crippen LogP contribution in [0, 0.1) is 11.3 Å². The molecule has 114 valence electrons. The largest absolute Gasteiger partial charge is 0.484 e. The van der Waals surface area contributed by atoms with Gasteiger partial charge in [0.25, 0.3) is 0 Å². The van der Waals surface area contributed by atoms with Gasteiger partial charge in [-0.25, -0.2) is 0 Å². The van der Waals surface area contributed by atoms with Gasteiger partial charge >= 0.3 is 0 Å². The molecule has 1 heterocycles. The molecule has 2 aromatic carbocycles. The lowest BCUT2D eigenvalue weighted by atomic mass is 10.2. The average molecular weight is 305 g/mol. The van der Waals surface area contributed by atoms with Gasteiger partial charge in [0, 0.05) is 6.54 Å². The van der Waals surface area contributed by atoms with E-state index >= 15 is 0 Å². The molecule has 0 radical (unpaired) electrons. The number of hydrogen-bond donors (Lipinski definition) is 1. The monoisotopic (exact) mass is 305 g/mol. The Bertz CT molecular complexity index is 792. The van der Waals surface area contributed by atoms with Crippen molar-refractivity contribution in [1.82, 2.24) is 4.98 Å². The third kappa shape index (κ3) is 3.89. The topological polar surface area (TPSA) is 71.1 Å². The number of nitrogens with zero attached hydrogens (tertiary/aromatic N) is 2. The first kappa shape index (κ1) is 14.7. The second-order valence-electron chi connectivity index (χ2n) is 4.84. The molecule has 1 N–H and O–H groups in total. The Morgan fingerprint density at radius 1 is 1.04 bits per heavy atom. The minimum atomic E-state index is 0.172. The minimum Gasteiger partial charge on any atom is -0.484 e. The maximum absolute atomic E-state index is 9.16. The zero-order valence-electron chi connectivity index (χ0n) is 12.4. The highest BCUT2D eigenvalue weighted by Crippen LogP contribution is 2.19. The van der Waals surface area contributed by atoms with Crippen LogP contribution in [0.25, 0.3) is 0 Å². The predicted molar refractivity (Wildman–Crippen MR) is 85.8 cm³/mol. The summed E-state index contributed by atoms with van der Waals surface area (Å²) in [6.45, 7) is 0.732. The van der Waals surface area contributed by atoms with Gasteiger partial charge in [0.05, 0.1) is 0 Å². The summed E-state index contributed by atoms with van der Waals surface area (Å²) in [5.74, 6) is 1.45. The first-order chi connectivity index (χ1) is 11.3. The van der Waals surface area contributed by atoms with Crippen molar-refractivity contribution < 1.29 is 9.15 Å². The fourth-order valence-electron chi connectivity index (χ4n) is 2.06. The van der Waals surface area contributed by atoms with Crippen LogP contribution in [0.1, 0.15) is 17.1 Å². The van der Waals surface area contributed by atoms with Crippen molar-refractivity contribution in [2.75, 3.05) is 5.32 Å². The quantitative estimate of drug-likeness (QED) is 0.751. The molecular weight excluding hydrogens is 290 g/mol. The van der Waals surface area contributed by atoms with E-state index < -0.39 is 0 Å². The first-order valence-electron chi connectivity index (χ1n) is 7.20. The standard InChI is InChI=1S/C18H15N3O2/c19-11-16-18(20-12-14-7-3-1-4-8-14)23-17(21-16)13-22-15-9-5-2-6-10-15/h1-10,20H,12-13H2. The van der Waals surface area contributed by atoms with Crippen LogP contribution < -0.4 is 10.1 Å². The van der Waals surface area contributed by atoms with Crippen LogP contribution in [0.3, 0.4) is 0 Å². The lowest BCUT2D eigenvalue weighted by molar-refractivity contribution is 0.265. The Labute approximate surface area is 134 Å². The number of nitrogens with one attached hydrogen (secondary N) is 1. The lowest BCUT2D eigenvalue weighted by Gasteiger charge is -2.03. The number of rotatable bonds is 6. The van der Waals surface area contributed by atoms with E-state index in [1.165, 1.54) is 0 Å². The predicted octanol–water partition coefficient (Wildman–Crippen LogP) is 3.74. The van der Waals surface area contributed by atoms with Crippen molar-refractivity contribution in [3.8, 4) is 11.8 Å². The molecule has 5 nitrogen and oxygen atoms in total. The second-order valence-corrected chi connectivity index (χ2v) is 4.84. The molecule has 0 amide bonds. The Morgan fingerprint density at radius 2 is 1.74 bits per heavy atom. The molecule has 0 aliphatic carbocycles. The summed E-state index contributed by atoms with van der Waals surface area (Å²) in [5.41, 5.74) is 1.32. The van der Waals surface area contributed by atoms with E-state index in [9.17, 15) is 0 Å². The maximum atomic E-state index is 9.16. The summed E-state index contributed by atoms with van der Waals surface area (Å²) in [4.78, 5) is 4.14. The number of nitriles is 1. The highest BCUT2D eigenvalue weighted by atomic mass is 16.5. The Balaban J connectivity index is 1.65. The van der Waals surface area contributed by atoms with Gasteiger partial charge in [0.2, 0.25) is 17.5 Å². The van der Waals surface area contributed by atoms with Gasteiger partial charge < -0.3 is 14.5 Å². The highest BCUT2D eigenvalue weighted by molar-refractivity contribution is 5.45. The SMILES string of the molecule is N#Cc1nc(COc2ccccc2)oc1NCc1ccccc1. The summed E-state index contributed by atoms with van der Waals surface area (Å²) in [7, 11) is 0. The smallest absolute Gasteiger partial charge is 0.236 e. The number of hydrogen-bond acceptors (Lipinski definition) is 5. The number of ether oxygens (including phenoxy) is 1. The molecule has 0 atom stereocenters. The van der Waals surface area contributed by atoms with E-state index in [-0.39, 0.29) is 12.3 Å². The van der Waals surface area contributed by atoms with Gasteiger partial charge in [-0.2, -0.15) is 10.2 Å². The molecule has 0 aliphatic heterocycles. The van der Waals surface area contributed by atoms with E-state index in [0.29, 0.717) is 18.3 Å². The minimum absolute atomic E-state index is 0.172. The van der Waals surface area contributed by atoms with Crippen molar-refractivity contribution in [2.24, 2.45) is 0 Å². The van der Waals surface area contributed by atoms with Crippen LogP contribution in [0.15, 0.2) is 65.1 Å². The van der Waals surface area contributed by atoms with Crippen molar-refractivity contribution in [3.63, 3.8) is 0 Å². The molecule has 0 bridgehead atoms. The molecule has 5 heteroatoms. The molecular formula is C18H15N3O2. The van der Waals surface area contributed by atoms with E-state index in [1.807, 2.05) is 66.7 Å². The Kier molecular flexibility index (Phi) is 4.55. The average Bonchev–Trinajstić information content (AvgIpc) is 3.02. The zero-order valence-corrected chi connectivity index (χ0v) is 12.4. The Morgan fingerprint density at radius 3 is 2.43 bits per heavy atom. The van der Waals surface area contributed by atoms with Crippen LogP contribution in [0.4, 0.5) is 5.88 Å². The Hall–Kier alpha value is -3.26. The molecule has 0 aliphatic rings.